The molecule has 0 amide bonds. The molecule has 0 aliphatic heterocycles. The van der Waals surface area contributed by atoms with Gasteiger partial charge in [0.2, 0.25) is 0 Å². The van der Waals surface area contributed by atoms with Gasteiger partial charge in [-0.05, 0) is 43.4 Å². The number of rotatable bonds is 3. The van der Waals surface area contributed by atoms with E-state index in [1.54, 1.807) is 0 Å². The highest BCUT2D eigenvalue weighted by molar-refractivity contribution is 5.52. The van der Waals surface area contributed by atoms with Gasteiger partial charge in [-0.2, -0.15) is 0 Å². The van der Waals surface area contributed by atoms with E-state index in [1.807, 2.05) is 19.9 Å². The maximum absolute atomic E-state index is 9.62. The lowest BCUT2D eigenvalue weighted by Crippen LogP contribution is -1.92. The molecule has 1 aromatic rings. The fourth-order valence-electron chi connectivity index (χ4n) is 1.58. The molecule has 0 heterocycles. The average molecular weight is 194 g/mol. The van der Waals surface area contributed by atoms with E-state index < -0.39 is 0 Å². The summed E-state index contributed by atoms with van der Waals surface area (Å²) >= 11 is 0. The number of hydrogen-bond acceptors (Lipinski definition) is 2. The molecule has 0 atom stereocenters. The summed E-state index contributed by atoms with van der Waals surface area (Å²) in [6, 6.07) is 1.96. The molecular weight excluding hydrogens is 176 g/mol. The molecule has 0 spiro atoms. The molecule has 2 N–H and O–H groups in total. The first-order valence-corrected chi connectivity index (χ1v) is 5.09. The van der Waals surface area contributed by atoms with Gasteiger partial charge in [0.05, 0.1) is 0 Å². The molecular formula is C12H18O2. The molecule has 0 aliphatic rings. The quantitative estimate of drug-likeness (QED) is 0.726. The van der Waals surface area contributed by atoms with Crippen LogP contribution in [0.5, 0.6) is 11.5 Å². The van der Waals surface area contributed by atoms with Crippen molar-refractivity contribution in [3.05, 3.63) is 22.8 Å². The Morgan fingerprint density at radius 1 is 1.14 bits per heavy atom. The molecule has 0 saturated carbocycles. The highest BCUT2D eigenvalue weighted by Crippen LogP contribution is 2.34. The Hall–Kier alpha value is -1.18. The van der Waals surface area contributed by atoms with Crippen molar-refractivity contribution >= 4 is 0 Å². The average Bonchev–Trinajstić information content (AvgIpc) is 2.18. The predicted octanol–water partition coefficient (Wildman–Crippen LogP) is 3.06. The van der Waals surface area contributed by atoms with Crippen LogP contribution in [0.15, 0.2) is 6.07 Å². The van der Waals surface area contributed by atoms with Crippen LogP contribution in [-0.2, 0) is 6.42 Å². The first kappa shape index (κ1) is 10.9. The second kappa shape index (κ2) is 4.36. The van der Waals surface area contributed by atoms with Gasteiger partial charge in [0, 0.05) is 0 Å². The third kappa shape index (κ3) is 2.00. The smallest absolute Gasteiger partial charge is 0.160 e. The first-order valence-electron chi connectivity index (χ1n) is 5.09. The zero-order valence-corrected chi connectivity index (χ0v) is 9.09. The summed E-state index contributed by atoms with van der Waals surface area (Å²) in [6.45, 7) is 5.80. The summed E-state index contributed by atoms with van der Waals surface area (Å²) in [4.78, 5) is 0. The van der Waals surface area contributed by atoms with Crippen LogP contribution in [0, 0.1) is 13.8 Å². The summed E-state index contributed by atoms with van der Waals surface area (Å²) in [5.74, 6) is 0.0545. The van der Waals surface area contributed by atoms with Crippen molar-refractivity contribution in [2.75, 3.05) is 0 Å². The minimum atomic E-state index is 0.0164. The van der Waals surface area contributed by atoms with Crippen LogP contribution in [0.4, 0.5) is 0 Å². The van der Waals surface area contributed by atoms with Gasteiger partial charge >= 0.3 is 0 Å². The minimum Gasteiger partial charge on any atom is -0.504 e. The SMILES string of the molecule is CCCCc1cc(C)c(O)c(O)c1C. The van der Waals surface area contributed by atoms with Crippen molar-refractivity contribution in [3.63, 3.8) is 0 Å². The molecule has 0 aliphatic carbocycles. The summed E-state index contributed by atoms with van der Waals surface area (Å²) in [5.41, 5.74) is 2.69. The summed E-state index contributed by atoms with van der Waals surface area (Å²) in [7, 11) is 0. The van der Waals surface area contributed by atoms with Gasteiger partial charge in [0.25, 0.3) is 0 Å². The van der Waals surface area contributed by atoms with Crippen LogP contribution >= 0.6 is 0 Å². The van der Waals surface area contributed by atoms with E-state index in [9.17, 15) is 10.2 Å². The second-order valence-electron chi connectivity index (χ2n) is 3.78. The Morgan fingerprint density at radius 3 is 2.36 bits per heavy atom. The standard InChI is InChI=1S/C12H18O2/c1-4-5-6-10-7-8(2)11(13)12(14)9(10)3/h7,13-14H,4-6H2,1-3H3. The van der Waals surface area contributed by atoms with Gasteiger partial charge in [-0.15, -0.1) is 0 Å². The largest absolute Gasteiger partial charge is 0.504 e. The third-order valence-corrected chi connectivity index (χ3v) is 2.63. The fraction of sp³-hybridized carbons (Fsp3) is 0.500. The van der Waals surface area contributed by atoms with E-state index in [-0.39, 0.29) is 11.5 Å². The topological polar surface area (TPSA) is 40.5 Å². The maximum atomic E-state index is 9.62. The monoisotopic (exact) mass is 194 g/mol. The molecule has 0 unspecified atom stereocenters. The molecule has 1 aromatic carbocycles. The summed E-state index contributed by atoms with van der Waals surface area (Å²) < 4.78 is 0. The third-order valence-electron chi connectivity index (χ3n) is 2.63. The zero-order chi connectivity index (χ0) is 10.7. The van der Waals surface area contributed by atoms with Crippen LogP contribution in [-0.4, -0.2) is 10.2 Å². The molecule has 0 bridgehead atoms. The van der Waals surface area contributed by atoms with Gasteiger partial charge in [0.1, 0.15) is 0 Å². The van der Waals surface area contributed by atoms with E-state index in [2.05, 4.69) is 6.92 Å². The number of phenols is 2. The number of hydrogen-bond donors (Lipinski definition) is 2. The van der Waals surface area contributed by atoms with E-state index in [0.717, 1.165) is 36.0 Å². The van der Waals surface area contributed by atoms with Crippen molar-refractivity contribution in [1.29, 1.82) is 0 Å². The lowest BCUT2D eigenvalue weighted by molar-refractivity contribution is 0.397. The maximum Gasteiger partial charge on any atom is 0.160 e. The van der Waals surface area contributed by atoms with Crippen LogP contribution < -0.4 is 0 Å². The molecule has 78 valence electrons. The number of unbranched alkanes of at least 4 members (excludes halogenated alkanes) is 1. The lowest BCUT2D eigenvalue weighted by atomic mass is 9.99. The molecule has 2 nitrogen and oxygen atoms in total. The Labute approximate surface area is 85.2 Å². The zero-order valence-electron chi connectivity index (χ0n) is 9.09. The van der Waals surface area contributed by atoms with Gasteiger partial charge in [-0.25, -0.2) is 0 Å². The van der Waals surface area contributed by atoms with Crippen molar-refractivity contribution < 1.29 is 10.2 Å². The molecule has 14 heavy (non-hydrogen) atoms. The van der Waals surface area contributed by atoms with Crippen molar-refractivity contribution in [1.82, 2.24) is 0 Å². The van der Waals surface area contributed by atoms with Crippen molar-refractivity contribution in [2.45, 2.75) is 40.0 Å². The van der Waals surface area contributed by atoms with Crippen LogP contribution in [0.3, 0.4) is 0 Å². The van der Waals surface area contributed by atoms with Gasteiger partial charge in [-0.3, -0.25) is 0 Å². The van der Waals surface area contributed by atoms with Crippen LogP contribution in [0.25, 0.3) is 0 Å². The Morgan fingerprint density at radius 2 is 1.79 bits per heavy atom. The highest BCUT2D eigenvalue weighted by Gasteiger charge is 2.10. The normalized spacial score (nSPS) is 10.5. The summed E-state index contributed by atoms with van der Waals surface area (Å²) in [5, 5.41) is 19.1. The van der Waals surface area contributed by atoms with E-state index in [1.165, 1.54) is 0 Å². The molecule has 0 saturated heterocycles. The Bertz CT molecular complexity index is 330. The molecule has 1 rings (SSSR count). The molecule has 0 radical (unpaired) electrons. The number of phenolic OH excluding ortho intramolecular Hbond substituents is 2. The highest BCUT2D eigenvalue weighted by atomic mass is 16.3. The van der Waals surface area contributed by atoms with E-state index in [4.69, 9.17) is 0 Å². The molecule has 0 aromatic heterocycles. The minimum absolute atomic E-state index is 0.0164. The number of benzene rings is 1. The lowest BCUT2D eigenvalue weighted by Gasteiger charge is -2.11. The number of aromatic hydroxyl groups is 2. The predicted molar refractivity (Wildman–Crippen MR) is 57.9 cm³/mol. The van der Waals surface area contributed by atoms with E-state index >= 15 is 0 Å². The second-order valence-corrected chi connectivity index (χ2v) is 3.78. The van der Waals surface area contributed by atoms with Gasteiger partial charge < -0.3 is 10.2 Å². The molecule has 2 heteroatoms. The number of aryl methyl sites for hydroxylation is 2. The van der Waals surface area contributed by atoms with Crippen LogP contribution in [0.1, 0.15) is 36.5 Å². The fourth-order valence-corrected chi connectivity index (χ4v) is 1.58. The first-order chi connectivity index (χ1) is 6.57. The van der Waals surface area contributed by atoms with Crippen LogP contribution in [0.2, 0.25) is 0 Å². The Kier molecular flexibility index (Phi) is 3.39. The Balaban J connectivity index is 3.06. The molecule has 0 fully saturated rings. The van der Waals surface area contributed by atoms with Crippen molar-refractivity contribution in [3.8, 4) is 11.5 Å². The van der Waals surface area contributed by atoms with Crippen molar-refractivity contribution in [2.24, 2.45) is 0 Å². The van der Waals surface area contributed by atoms with Gasteiger partial charge in [-0.1, -0.05) is 19.4 Å². The van der Waals surface area contributed by atoms with E-state index in [0.29, 0.717) is 0 Å². The summed E-state index contributed by atoms with van der Waals surface area (Å²) in [6.07, 6.45) is 3.22. The van der Waals surface area contributed by atoms with Gasteiger partial charge in [0.15, 0.2) is 11.5 Å².